The first kappa shape index (κ1) is 24.9. The molecule has 0 N–H and O–H groups in total. The second kappa shape index (κ2) is 9.80. The minimum absolute atomic E-state index is 0.0291. The summed E-state index contributed by atoms with van der Waals surface area (Å²) in [4.78, 5) is 24.7. The Hall–Kier alpha value is -3.14. The first-order chi connectivity index (χ1) is 19.0. The fraction of sp³-hybridized carbons (Fsp3) is 0.621. The number of aromatic nitrogens is 4. The molecule has 2 aromatic heterocycles. The van der Waals surface area contributed by atoms with Gasteiger partial charge in [0.2, 0.25) is 11.8 Å². The minimum Gasteiger partial charge on any atom is -0.381 e. The molecule has 1 saturated heterocycles. The molecular formula is C29H34FN5O4. The third-order valence-electron chi connectivity index (χ3n) is 8.80. The molecule has 5 aliphatic rings. The van der Waals surface area contributed by atoms with E-state index < -0.39 is 11.1 Å². The maximum absolute atomic E-state index is 14.3. The first-order valence-electron chi connectivity index (χ1n) is 14.4. The quantitative estimate of drug-likeness (QED) is 0.295. The molecule has 3 heterocycles. The van der Waals surface area contributed by atoms with E-state index in [1.165, 1.54) is 0 Å². The Morgan fingerprint density at radius 3 is 2.46 bits per heavy atom. The van der Waals surface area contributed by atoms with Gasteiger partial charge in [-0.3, -0.25) is 4.79 Å². The topological polar surface area (TPSA) is 107 Å². The normalized spacial score (nSPS) is 26.2. The predicted octanol–water partition coefficient (Wildman–Crippen LogP) is 5.53. The van der Waals surface area contributed by atoms with E-state index in [0.29, 0.717) is 55.8 Å². The zero-order chi connectivity index (χ0) is 26.5. The van der Waals surface area contributed by atoms with Crippen molar-refractivity contribution in [1.29, 1.82) is 0 Å². The van der Waals surface area contributed by atoms with Gasteiger partial charge in [0.15, 0.2) is 11.6 Å². The van der Waals surface area contributed by atoms with Crippen molar-refractivity contribution in [3.8, 4) is 11.5 Å². The highest BCUT2D eigenvalue weighted by molar-refractivity contribution is 6.00. The number of carbonyl (C=O) groups is 1. The number of aryl methyl sites for hydroxylation is 1. The van der Waals surface area contributed by atoms with Crippen LogP contribution in [0.5, 0.6) is 0 Å². The maximum atomic E-state index is 14.3. The molecule has 0 unspecified atom stereocenters. The van der Waals surface area contributed by atoms with E-state index in [1.807, 2.05) is 29.2 Å². The van der Waals surface area contributed by atoms with Gasteiger partial charge in [0.05, 0.1) is 5.41 Å². The summed E-state index contributed by atoms with van der Waals surface area (Å²) in [5, 5.41) is 8.32. The van der Waals surface area contributed by atoms with Crippen molar-refractivity contribution in [2.75, 3.05) is 24.7 Å². The molecule has 1 aromatic carbocycles. The lowest BCUT2D eigenvalue weighted by atomic mass is 9.42. The largest absolute Gasteiger partial charge is 0.381 e. The Morgan fingerprint density at radius 2 is 1.69 bits per heavy atom. The van der Waals surface area contributed by atoms with Crippen LogP contribution in [0.3, 0.4) is 0 Å². The number of benzene rings is 1. The van der Waals surface area contributed by atoms with Crippen LogP contribution in [-0.2, 0) is 16.0 Å². The van der Waals surface area contributed by atoms with Gasteiger partial charge in [0.25, 0.3) is 5.89 Å². The van der Waals surface area contributed by atoms with Crippen molar-refractivity contribution >= 4 is 11.6 Å². The van der Waals surface area contributed by atoms with E-state index in [0.717, 1.165) is 81.1 Å². The Morgan fingerprint density at radius 1 is 0.949 bits per heavy atom. The monoisotopic (exact) mass is 535 g/mol. The average molecular weight is 536 g/mol. The molecule has 4 aliphatic carbocycles. The van der Waals surface area contributed by atoms with Crippen molar-refractivity contribution in [3.05, 3.63) is 41.8 Å². The van der Waals surface area contributed by atoms with Gasteiger partial charge < -0.3 is 18.7 Å². The maximum Gasteiger partial charge on any atom is 0.258 e. The van der Waals surface area contributed by atoms with Gasteiger partial charge in [-0.25, -0.2) is 4.39 Å². The predicted molar refractivity (Wildman–Crippen MR) is 139 cm³/mol. The Kier molecular flexibility index (Phi) is 6.25. The number of halogens is 1. The van der Waals surface area contributed by atoms with Crippen molar-refractivity contribution in [2.45, 2.75) is 88.1 Å². The van der Waals surface area contributed by atoms with Crippen molar-refractivity contribution < 1.29 is 23.0 Å². The van der Waals surface area contributed by atoms with Gasteiger partial charge in [-0.2, -0.15) is 9.97 Å². The second-order valence-corrected chi connectivity index (χ2v) is 11.9. The molecule has 0 atom stereocenters. The second-order valence-electron chi connectivity index (χ2n) is 11.9. The summed E-state index contributed by atoms with van der Waals surface area (Å²) in [6.07, 6.45) is 8.43. The first-order valence-corrected chi connectivity index (χ1v) is 14.4. The number of hydrogen-bond acceptors (Lipinski definition) is 8. The molecule has 4 saturated carbocycles. The number of hydrogen-bond donors (Lipinski definition) is 0. The molecule has 2 bridgehead atoms. The van der Waals surface area contributed by atoms with Crippen molar-refractivity contribution in [3.63, 3.8) is 0 Å². The Labute approximate surface area is 226 Å². The highest BCUT2D eigenvalue weighted by atomic mass is 19.1. The molecule has 206 valence electrons. The van der Waals surface area contributed by atoms with Crippen LogP contribution in [0, 0.1) is 5.41 Å². The van der Waals surface area contributed by atoms with Crippen LogP contribution in [0.2, 0.25) is 0 Å². The molecule has 39 heavy (non-hydrogen) atoms. The summed E-state index contributed by atoms with van der Waals surface area (Å²) in [6.45, 7) is 2.06. The van der Waals surface area contributed by atoms with E-state index in [-0.39, 0.29) is 5.91 Å². The van der Waals surface area contributed by atoms with Crippen LogP contribution in [0.4, 0.5) is 10.1 Å². The third-order valence-corrected chi connectivity index (χ3v) is 8.80. The lowest BCUT2D eigenvalue weighted by molar-refractivity contribution is -0.211. The summed E-state index contributed by atoms with van der Waals surface area (Å²) < 4.78 is 30.7. The van der Waals surface area contributed by atoms with Crippen LogP contribution >= 0.6 is 0 Å². The zero-order valence-corrected chi connectivity index (χ0v) is 22.1. The number of rotatable bonds is 11. The number of anilines is 1. The molecular weight excluding hydrogens is 501 g/mol. The van der Waals surface area contributed by atoms with Gasteiger partial charge in [-0.1, -0.05) is 22.8 Å². The van der Waals surface area contributed by atoms with Crippen LogP contribution < -0.4 is 4.90 Å². The van der Waals surface area contributed by atoms with Gasteiger partial charge in [-0.15, -0.1) is 0 Å². The third kappa shape index (κ3) is 4.88. The fourth-order valence-corrected chi connectivity index (χ4v) is 6.41. The highest BCUT2D eigenvalue weighted by Gasteiger charge is 2.73. The van der Waals surface area contributed by atoms with Gasteiger partial charge in [-0.05, 0) is 76.0 Å². The van der Waals surface area contributed by atoms with Crippen molar-refractivity contribution in [1.82, 2.24) is 20.3 Å². The number of unbranched alkanes of at least 4 members (excludes halogenated alkanes) is 2. The zero-order valence-electron chi connectivity index (χ0n) is 22.1. The number of amides is 1. The van der Waals surface area contributed by atoms with Crippen molar-refractivity contribution in [2.24, 2.45) is 5.41 Å². The lowest BCUT2D eigenvalue weighted by Crippen LogP contribution is -2.70. The van der Waals surface area contributed by atoms with Gasteiger partial charge in [0.1, 0.15) is 5.67 Å². The molecule has 0 radical (unpaired) electrons. The van der Waals surface area contributed by atoms with E-state index in [1.54, 1.807) is 0 Å². The SMILES string of the molecule is O=C(N(CCCCCc1nc(C2CCOCC2)no1)c1cccc(-c2nc(C3CC3)no2)c1)C12CC(F)(C1)C2. The van der Waals surface area contributed by atoms with E-state index in [9.17, 15) is 9.18 Å². The molecule has 1 amide bonds. The molecule has 8 rings (SSSR count). The molecule has 3 aromatic rings. The molecule has 5 fully saturated rings. The standard InChI is InChI=1S/C29H34FN5O4/c30-29-16-28(17-29,18-29)27(36)35(22-6-4-5-21(15-22)26-32-25(34-39-26)19-8-9-19)12-3-1-2-7-23-31-24(33-38-23)20-10-13-37-14-11-20/h4-6,15,19-20H,1-3,7-14,16-18H2. The Balaban J connectivity index is 0.994. The van der Waals surface area contributed by atoms with E-state index in [4.69, 9.17) is 13.8 Å². The molecule has 9 nitrogen and oxygen atoms in total. The lowest BCUT2D eigenvalue weighted by Gasteiger charge is -2.65. The van der Waals surface area contributed by atoms with Crippen LogP contribution in [0.1, 0.15) is 93.6 Å². The number of ether oxygens (including phenoxy) is 1. The van der Waals surface area contributed by atoms with Crippen LogP contribution in [0.25, 0.3) is 11.5 Å². The highest BCUT2D eigenvalue weighted by Crippen LogP contribution is 2.70. The molecule has 0 spiro atoms. The summed E-state index contributed by atoms with van der Waals surface area (Å²) in [5.74, 6) is 3.44. The van der Waals surface area contributed by atoms with Gasteiger partial charge >= 0.3 is 0 Å². The summed E-state index contributed by atoms with van der Waals surface area (Å²) in [6, 6.07) is 7.71. The number of carbonyl (C=O) groups excluding carboxylic acids is 1. The van der Waals surface area contributed by atoms with E-state index in [2.05, 4.69) is 20.3 Å². The summed E-state index contributed by atoms with van der Waals surface area (Å²) >= 11 is 0. The number of nitrogens with zero attached hydrogens (tertiary/aromatic N) is 5. The van der Waals surface area contributed by atoms with E-state index >= 15 is 0 Å². The summed E-state index contributed by atoms with van der Waals surface area (Å²) in [7, 11) is 0. The smallest absolute Gasteiger partial charge is 0.258 e. The Bertz CT molecular complexity index is 1320. The fourth-order valence-electron chi connectivity index (χ4n) is 6.41. The van der Waals surface area contributed by atoms with Crippen LogP contribution in [-0.4, -0.2) is 51.6 Å². The molecule has 10 heteroatoms. The average Bonchev–Trinajstić information content (AvgIpc) is 3.46. The summed E-state index contributed by atoms with van der Waals surface area (Å²) in [5.41, 5.74) is -0.0846. The molecule has 1 aliphatic heterocycles. The van der Waals surface area contributed by atoms with Crippen LogP contribution in [0.15, 0.2) is 33.3 Å². The number of alkyl halides is 1. The minimum atomic E-state index is -1.13. The van der Waals surface area contributed by atoms with Gasteiger partial charge in [0, 0.05) is 49.3 Å².